The highest BCUT2D eigenvalue weighted by Crippen LogP contribution is 2.01. The van der Waals surface area contributed by atoms with E-state index in [0.29, 0.717) is 12.4 Å². The first kappa shape index (κ1) is 13.7. The molecule has 0 spiro atoms. The molecular formula is C13H15N3O2. The quantitative estimate of drug-likeness (QED) is 0.281. The molecule has 0 amide bonds. The molecule has 0 saturated heterocycles. The van der Waals surface area contributed by atoms with Crippen LogP contribution in [0.2, 0.25) is 0 Å². The Bertz CT molecular complexity index is 449. The summed E-state index contributed by atoms with van der Waals surface area (Å²) >= 11 is 0. The van der Waals surface area contributed by atoms with Crippen molar-refractivity contribution in [3.8, 4) is 6.19 Å². The van der Waals surface area contributed by atoms with Gasteiger partial charge in [0.15, 0.2) is 6.19 Å². The Kier molecular flexibility index (Phi) is 5.98. The van der Waals surface area contributed by atoms with Crippen LogP contribution in [-0.4, -0.2) is 18.3 Å². The minimum absolute atomic E-state index is 0.206. The summed E-state index contributed by atoms with van der Waals surface area (Å²) in [5.74, 6) is 0.195. The molecule has 1 aromatic rings. The summed E-state index contributed by atoms with van der Waals surface area (Å²) in [7, 11) is 0. The number of nitrogens with zero attached hydrogens (tertiary/aromatic N) is 2. The summed E-state index contributed by atoms with van der Waals surface area (Å²) < 4.78 is 5.08. The molecule has 1 N–H and O–H groups in total. The van der Waals surface area contributed by atoms with E-state index in [1.165, 1.54) is 0 Å². The van der Waals surface area contributed by atoms with Crippen LogP contribution in [0.25, 0.3) is 0 Å². The Balaban J connectivity index is 2.23. The van der Waals surface area contributed by atoms with E-state index in [-0.39, 0.29) is 19.0 Å². The number of ether oxygens (including phenoxy) is 1. The number of benzene rings is 1. The molecule has 18 heavy (non-hydrogen) atoms. The Labute approximate surface area is 106 Å². The maximum atomic E-state index is 11.4. The van der Waals surface area contributed by atoms with E-state index in [2.05, 4.69) is 10.3 Å². The van der Waals surface area contributed by atoms with E-state index in [1.54, 1.807) is 13.1 Å². The fraction of sp³-hybridized carbons (Fsp3) is 0.308. The molecule has 0 heterocycles. The van der Waals surface area contributed by atoms with Gasteiger partial charge in [0.2, 0.25) is 0 Å². The van der Waals surface area contributed by atoms with Crippen molar-refractivity contribution in [3.63, 3.8) is 0 Å². The molecule has 5 heteroatoms. The Morgan fingerprint density at radius 2 is 2.17 bits per heavy atom. The second kappa shape index (κ2) is 7.85. The number of amidine groups is 1. The average molecular weight is 245 g/mol. The summed E-state index contributed by atoms with van der Waals surface area (Å²) in [4.78, 5) is 15.4. The number of nitrogens with one attached hydrogen (secondary N) is 1. The van der Waals surface area contributed by atoms with Crippen molar-refractivity contribution in [2.75, 3.05) is 6.54 Å². The Morgan fingerprint density at radius 3 is 2.83 bits per heavy atom. The third-order valence-corrected chi connectivity index (χ3v) is 2.14. The van der Waals surface area contributed by atoms with Crippen molar-refractivity contribution in [3.05, 3.63) is 35.9 Å². The number of hydrogen-bond acceptors (Lipinski definition) is 4. The van der Waals surface area contributed by atoms with Crippen LogP contribution >= 0.6 is 0 Å². The SMILES string of the molecule is CC(=NCCC(=O)OCc1ccccc1)NC#N. The second-order valence-electron chi connectivity index (χ2n) is 3.60. The highest BCUT2D eigenvalue weighted by atomic mass is 16.5. The molecule has 0 aliphatic heterocycles. The fourth-order valence-electron chi connectivity index (χ4n) is 1.25. The monoisotopic (exact) mass is 245 g/mol. The topological polar surface area (TPSA) is 74.5 Å². The summed E-state index contributed by atoms with van der Waals surface area (Å²) in [5.41, 5.74) is 0.955. The maximum absolute atomic E-state index is 11.4. The van der Waals surface area contributed by atoms with Crippen molar-refractivity contribution in [1.82, 2.24) is 5.32 Å². The molecule has 0 atom stereocenters. The lowest BCUT2D eigenvalue weighted by Crippen LogP contribution is -2.14. The van der Waals surface area contributed by atoms with Crippen molar-refractivity contribution in [2.45, 2.75) is 20.0 Å². The third kappa shape index (κ3) is 5.66. The molecular weight excluding hydrogens is 230 g/mol. The van der Waals surface area contributed by atoms with Crippen LogP contribution in [0.3, 0.4) is 0 Å². The van der Waals surface area contributed by atoms with Crippen molar-refractivity contribution < 1.29 is 9.53 Å². The van der Waals surface area contributed by atoms with Gasteiger partial charge in [0, 0.05) is 0 Å². The van der Waals surface area contributed by atoms with E-state index in [9.17, 15) is 4.79 Å². The van der Waals surface area contributed by atoms with Gasteiger partial charge in [-0.15, -0.1) is 0 Å². The largest absolute Gasteiger partial charge is 0.461 e. The fourth-order valence-corrected chi connectivity index (χ4v) is 1.25. The molecule has 0 aliphatic carbocycles. The summed E-state index contributed by atoms with van der Waals surface area (Å²) in [6, 6.07) is 9.48. The number of esters is 1. The van der Waals surface area contributed by atoms with Gasteiger partial charge in [0.25, 0.3) is 0 Å². The van der Waals surface area contributed by atoms with Crippen molar-refractivity contribution in [1.29, 1.82) is 5.26 Å². The minimum Gasteiger partial charge on any atom is -0.461 e. The van der Waals surface area contributed by atoms with Crippen LogP contribution in [0.5, 0.6) is 0 Å². The lowest BCUT2D eigenvalue weighted by Gasteiger charge is -2.03. The number of hydrogen-bond donors (Lipinski definition) is 1. The van der Waals surface area contributed by atoms with Gasteiger partial charge in [-0.25, -0.2) is 0 Å². The molecule has 1 rings (SSSR count). The van der Waals surface area contributed by atoms with Crippen molar-refractivity contribution >= 4 is 11.8 Å². The summed E-state index contributed by atoms with van der Waals surface area (Å²) in [5, 5.41) is 10.7. The van der Waals surface area contributed by atoms with E-state index in [1.807, 2.05) is 30.3 Å². The van der Waals surface area contributed by atoms with E-state index < -0.39 is 0 Å². The number of carbonyl (C=O) groups is 1. The molecule has 0 aliphatic rings. The number of carbonyl (C=O) groups excluding carboxylic acids is 1. The standard InChI is InChI=1S/C13H15N3O2/c1-11(16-10-14)15-8-7-13(17)18-9-12-5-3-2-4-6-12/h2-6H,7-9H2,1H3,(H,15,16). The first-order valence-corrected chi connectivity index (χ1v) is 5.58. The smallest absolute Gasteiger partial charge is 0.308 e. The lowest BCUT2D eigenvalue weighted by molar-refractivity contribution is -0.144. The molecule has 0 bridgehead atoms. The van der Waals surface area contributed by atoms with Crippen LogP contribution in [0.1, 0.15) is 18.9 Å². The number of nitriles is 1. The number of aliphatic imine (C=N–C) groups is 1. The molecule has 94 valence electrons. The summed E-state index contributed by atoms with van der Waals surface area (Å²) in [6.45, 7) is 2.26. The first-order chi connectivity index (χ1) is 8.72. The normalized spacial score (nSPS) is 10.6. The number of rotatable bonds is 5. The first-order valence-electron chi connectivity index (χ1n) is 5.58. The van der Waals surface area contributed by atoms with Gasteiger partial charge in [0.1, 0.15) is 12.4 Å². The van der Waals surface area contributed by atoms with Crippen LogP contribution in [0.15, 0.2) is 35.3 Å². The molecule has 1 aromatic carbocycles. The van der Waals surface area contributed by atoms with Crippen LogP contribution < -0.4 is 5.32 Å². The van der Waals surface area contributed by atoms with Gasteiger partial charge in [-0.05, 0) is 12.5 Å². The Hall–Kier alpha value is -2.35. The van der Waals surface area contributed by atoms with Crippen LogP contribution in [-0.2, 0) is 16.1 Å². The summed E-state index contributed by atoms with van der Waals surface area (Å²) in [6.07, 6.45) is 1.96. The second-order valence-corrected chi connectivity index (χ2v) is 3.60. The van der Waals surface area contributed by atoms with Crippen LogP contribution in [0.4, 0.5) is 0 Å². The van der Waals surface area contributed by atoms with Crippen LogP contribution in [0, 0.1) is 11.5 Å². The zero-order valence-electron chi connectivity index (χ0n) is 10.2. The zero-order valence-corrected chi connectivity index (χ0v) is 10.2. The average Bonchev–Trinajstić information content (AvgIpc) is 2.38. The van der Waals surface area contributed by atoms with Gasteiger partial charge >= 0.3 is 5.97 Å². The molecule has 0 aromatic heterocycles. The van der Waals surface area contributed by atoms with E-state index in [0.717, 1.165) is 5.56 Å². The highest BCUT2D eigenvalue weighted by Gasteiger charge is 2.02. The lowest BCUT2D eigenvalue weighted by atomic mass is 10.2. The van der Waals surface area contributed by atoms with Gasteiger partial charge in [-0.2, -0.15) is 5.26 Å². The van der Waals surface area contributed by atoms with Gasteiger partial charge < -0.3 is 4.74 Å². The molecule has 0 saturated carbocycles. The molecule has 0 fully saturated rings. The molecule has 0 radical (unpaired) electrons. The molecule has 0 unspecified atom stereocenters. The van der Waals surface area contributed by atoms with Gasteiger partial charge in [-0.1, -0.05) is 30.3 Å². The Morgan fingerprint density at radius 1 is 1.44 bits per heavy atom. The predicted octanol–water partition coefficient (Wildman–Crippen LogP) is 1.61. The zero-order chi connectivity index (χ0) is 13.2. The maximum Gasteiger partial charge on any atom is 0.308 e. The van der Waals surface area contributed by atoms with Crippen molar-refractivity contribution in [2.24, 2.45) is 4.99 Å². The molecule has 5 nitrogen and oxygen atoms in total. The van der Waals surface area contributed by atoms with Gasteiger partial charge in [-0.3, -0.25) is 15.1 Å². The van der Waals surface area contributed by atoms with Gasteiger partial charge in [0.05, 0.1) is 13.0 Å². The third-order valence-electron chi connectivity index (χ3n) is 2.14. The highest BCUT2D eigenvalue weighted by molar-refractivity contribution is 5.81. The van der Waals surface area contributed by atoms with E-state index >= 15 is 0 Å². The van der Waals surface area contributed by atoms with E-state index in [4.69, 9.17) is 10.00 Å². The predicted molar refractivity (Wildman–Crippen MR) is 67.6 cm³/mol. The minimum atomic E-state index is -0.299.